The van der Waals surface area contributed by atoms with Gasteiger partial charge in [0.2, 0.25) is 0 Å². The maximum Gasteiger partial charge on any atom is 0.262 e. The number of carboxylic acids is 1. The zero-order chi connectivity index (χ0) is 13.6. The fraction of sp³-hybridized carbons (Fsp3) is 0.462. The van der Waals surface area contributed by atoms with Crippen molar-refractivity contribution in [1.82, 2.24) is 9.55 Å². The molecule has 2 aromatic rings. The van der Waals surface area contributed by atoms with Gasteiger partial charge < -0.3 is 9.90 Å². The van der Waals surface area contributed by atoms with Gasteiger partial charge in [0, 0.05) is 4.88 Å². The van der Waals surface area contributed by atoms with Gasteiger partial charge in [-0.15, -0.1) is 11.3 Å². The van der Waals surface area contributed by atoms with Gasteiger partial charge in [0.15, 0.2) is 0 Å². The molecule has 1 atom stereocenters. The zero-order valence-corrected chi connectivity index (χ0v) is 11.3. The highest BCUT2D eigenvalue weighted by Crippen LogP contribution is 2.34. The van der Waals surface area contributed by atoms with Crippen LogP contribution in [-0.4, -0.2) is 15.5 Å². The van der Waals surface area contributed by atoms with Gasteiger partial charge in [0.25, 0.3) is 5.56 Å². The summed E-state index contributed by atoms with van der Waals surface area (Å²) >= 11 is 1.55. The van der Waals surface area contributed by atoms with Crippen molar-refractivity contribution >= 4 is 27.5 Å². The van der Waals surface area contributed by atoms with E-state index in [-0.39, 0.29) is 5.56 Å². The first kappa shape index (κ1) is 12.3. The number of aromatic nitrogens is 2. The van der Waals surface area contributed by atoms with Gasteiger partial charge in [-0.25, -0.2) is 4.98 Å². The molecule has 1 aliphatic rings. The molecule has 2 aromatic heterocycles. The highest BCUT2D eigenvalue weighted by Gasteiger charge is 2.22. The van der Waals surface area contributed by atoms with E-state index in [1.165, 1.54) is 15.8 Å². The maximum absolute atomic E-state index is 12.5. The summed E-state index contributed by atoms with van der Waals surface area (Å²) in [5, 5.41) is 11.7. The predicted octanol–water partition coefficient (Wildman–Crippen LogP) is 0.648. The minimum absolute atomic E-state index is 0.250. The van der Waals surface area contributed by atoms with Gasteiger partial charge in [-0.3, -0.25) is 9.36 Å². The van der Waals surface area contributed by atoms with Gasteiger partial charge >= 0.3 is 0 Å². The van der Waals surface area contributed by atoms with Crippen molar-refractivity contribution in [2.24, 2.45) is 0 Å². The number of carbonyl (C=O) groups is 1. The van der Waals surface area contributed by atoms with Crippen molar-refractivity contribution in [3.63, 3.8) is 0 Å². The average Bonchev–Trinajstić information content (AvgIpc) is 2.92. The highest BCUT2D eigenvalue weighted by molar-refractivity contribution is 7.18. The lowest BCUT2D eigenvalue weighted by Gasteiger charge is -2.18. The number of rotatable bonds is 3. The molecule has 0 spiro atoms. The van der Waals surface area contributed by atoms with Gasteiger partial charge in [-0.05, 0) is 31.2 Å². The molecule has 0 amide bonds. The molecule has 0 aliphatic heterocycles. The van der Waals surface area contributed by atoms with Crippen LogP contribution in [0.25, 0.3) is 10.2 Å². The molecular weight excluding hydrogens is 264 g/mol. The second-order valence-electron chi connectivity index (χ2n) is 4.74. The van der Waals surface area contributed by atoms with E-state index in [4.69, 9.17) is 0 Å². The predicted molar refractivity (Wildman–Crippen MR) is 70.2 cm³/mol. The number of carbonyl (C=O) groups excluding carboxylic acids is 1. The maximum atomic E-state index is 12.5. The van der Waals surface area contributed by atoms with Crippen molar-refractivity contribution in [1.29, 1.82) is 0 Å². The Hall–Kier alpha value is -1.69. The van der Waals surface area contributed by atoms with Crippen LogP contribution in [0.4, 0.5) is 0 Å². The van der Waals surface area contributed by atoms with Crippen LogP contribution in [0, 0.1) is 0 Å². The molecule has 0 saturated carbocycles. The first-order chi connectivity index (χ1) is 9.13. The fourth-order valence-electron chi connectivity index (χ4n) is 2.70. The molecule has 19 heavy (non-hydrogen) atoms. The minimum Gasteiger partial charge on any atom is -0.548 e. The Morgan fingerprint density at radius 2 is 2.37 bits per heavy atom. The van der Waals surface area contributed by atoms with E-state index in [9.17, 15) is 14.7 Å². The Balaban J connectivity index is 2.26. The summed E-state index contributed by atoms with van der Waals surface area (Å²) in [6.45, 7) is 1.72. The lowest BCUT2D eigenvalue weighted by Crippen LogP contribution is -2.38. The van der Waals surface area contributed by atoms with Gasteiger partial charge in [-0.2, -0.15) is 0 Å². The van der Waals surface area contributed by atoms with Crippen molar-refractivity contribution in [3.8, 4) is 0 Å². The molecule has 0 N–H and O–H groups in total. The summed E-state index contributed by atoms with van der Waals surface area (Å²) in [5.41, 5.74) is 0.820. The molecular formula is C13H13N2O3S-. The van der Waals surface area contributed by atoms with Crippen LogP contribution in [0.5, 0.6) is 0 Å². The van der Waals surface area contributed by atoms with E-state index in [0.717, 1.165) is 29.7 Å². The Kier molecular flexibility index (Phi) is 2.89. The third-order valence-corrected chi connectivity index (χ3v) is 4.84. The molecule has 2 heterocycles. The third-order valence-electron chi connectivity index (χ3n) is 3.65. The standard InChI is InChI=1S/C13H14N2O3S/c1-2-8(13(17)18)15-6-14-11-10(12(15)16)7-4-3-5-9(7)19-11/h6,8H,2-5H2,1H3,(H,17,18)/p-1/t8-/m0/s1. The van der Waals surface area contributed by atoms with Crippen molar-refractivity contribution < 1.29 is 9.90 Å². The van der Waals surface area contributed by atoms with Crippen LogP contribution < -0.4 is 10.7 Å². The quantitative estimate of drug-likeness (QED) is 0.825. The Morgan fingerprint density at radius 1 is 1.58 bits per heavy atom. The van der Waals surface area contributed by atoms with Crippen molar-refractivity contribution in [3.05, 3.63) is 27.1 Å². The minimum atomic E-state index is -1.24. The third kappa shape index (κ3) is 1.78. The summed E-state index contributed by atoms with van der Waals surface area (Å²) < 4.78 is 1.20. The molecule has 1 aliphatic carbocycles. The lowest BCUT2D eigenvalue weighted by molar-refractivity contribution is -0.310. The Labute approximate surface area is 113 Å². The fourth-order valence-corrected chi connectivity index (χ4v) is 3.92. The lowest BCUT2D eigenvalue weighted by atomic mass is 10.2. The van der Waals surface area contributed by atoms with Crippen LogP contribution in [0.1, 0.15) is 36.2 Å². The number of hydrogen-bond donors (Lipinski definition) is 0. The van der Waals surface area contributed by atoms with Crippen LogP contribution in [0.2, 0.25) is 0 Å². The second kappa shape index (κ2) is 4.45. The SMILES string of the molecule is CC[C@@H](C(=O)[O-])n1cnc2sc3c(c2c1=O)CCC3. The molecule has 0 aromatic carbocycles. The number of nitrogens with zero attached hydrogens (tertiary/aromatic N) is 2. The highest BCUT2D eigenvalue weighted by atomic mass is 32.1. The van der Waals surface area contributed by atoms with Crippen LogP contribution in [0.15, 0.2) is 11.1 Å². The molecule has 3 rings (SSSR count). The summed E-state index contributed by atoms with van der Waals surface area (Å²) in [5.74, 6) is -1.24. The van der Waals surface area contributed by atoms with E-state index in [0.29, 0.717) is 11.8 Å². The van der Waals surface area contributed by atoms with Crippen molar-refractivity contribution in [2.45, 2.75) is 38.6 Å². The summed E-state index contributed by atoms with van der Waals surface area (Å²) in [4.78, 5) is 29.8. The van der Waals surface area contributed by atoms with Crippen LogP contribution >= 0.6 is 11.3 Å². The monoisotopic (exact) mass is 277 g/mol. The first-order valence-electron chi connectivity index (χ1n) is 6.35. The molecule has 0 saturated heterocycles. The van der Waals surface area contributed by atoms with Gasteiger partial charge in [-0.1, -0.05) is 6.92 Å². The van der Waals surface area contributed by atoms with E-state index in [2.05, 4.69) is 4.98 Å². The molecule has 0 radical (unpaired) electrons. The molecule has 6 heteroatoms. The second-order valence-corrected chi connectivity index (χ2v) is 5.82. The Morgan fingerprint density at radius 3 is 3.05 bits per heavy atom. The number of aryl methyl sites for hydroxylation is 2. The molecule has 0 unspecified atom stereocenters. The number of carboxylic acid groups (broad SMARTS) is 1. The number of thiophene rings is 1. The van der Waals surface area contributed by atoms with E-state index < -0.39 is 12.0 Å². The van der Waals surface area contributed by atoms with E-state index in [1.54, 1.807) is 18.3 Å². The summed E-state index contributed by atoms with van der Waals surface area (Å²) in [6.07, 6.45) is 4.58. The van der Waals surface area contributed by atoms with Gasteiger partial charge in [0.1, 0.15) is 4.83 Å². The first-order valence-corrected chi connectivity index (χ1v) is 7.17. The summed E-state index contributed by atoms with van der Waals surface area (Å²) in [7, 11) is 0. The van der Waals surface area contributed by atoms with E-state index >= 15 is 0 Å². The molecule has 100 valence electrons. The summed E-state index contributed by atoms with van der Waals surface area (Å²) in [6, 6.07) is -0.943. The molecule has 0 fully saturated rings. The van der Waals surface area contributed by atoms with E-state index in [1.807, 2.05) is 0 Å². The van der Waals surface area contributed by atoms with Crippen molar-refractivity contribution in [2.75, 3.05) is 0 Å². The Bertz CT molecular complexity index is 716. The zero-order valence-electron chi connectivity index (χ0n) is 10.5. The van der Waals surface area contributed by atoms with Crippen LogP contribution in [-0.2, 0) is 17.6 Å². The number of fused-ring (bicyclic) bond motifs is 3. The molecule has 5 nitrogen and oxygen atoms in total. The van der Waals surface area contributed by atoms with Crippen LogP contribution in [0.3, 0.4) is 0 Å². The number of hydrogen-bond acceptors (Lipinski definition) is 5. The topological polar surface area (TPSA) is 75.0 Å². The normalized spacial score (nSPS) is 15.6. The smallest absolute Gasteiger partial charge is 0.262 e. The molecule has 0 bridgehead atoms. The van der Waals surface area contributed by atoms with Gasteiger partial charge in [0.05, 0.1) is 23.7 Å². The number of aliphatic carboxylic acids is 1. The average molecular weight is 277 g/mol. The largest absolute Gasteiger partial charge is 0.548 e.